The van der Waals surface area contributed by atoms with Gasteiger partial charge < -0.3 is 25.2 Å². The van der Waals surface area contributed by atoms with Gasteiger partial charge in [0.1, 0.15) is 19.3 Å². The molecule has 0 aliphatic rings. The zero-order chi connectivity index (χ0) is 18.6. The molecule has 1 atom stereocenters. The number of benzene rings is 1. The number of aliphatic hydroxyl groups excluding tert-OH is 1. The topological polar surface area (TPSA) is 110 Å². The van der Waals surface area contributed by atoms with Crippen molar-refractivity contribution < 1.29 is 24.2 Å². The van der Waals surface area contributed by atoms with Crippen molar-refractivity contribution in [3.05, 3.63) is 66.0 Å². The Kier molecular flexibility index (Phi) is 7.88. The number of amides is 2. The van der Waals surface area contributed by atoms with Gasteiger partial charge in [-0.3, -0.25) is 4.98 Å². The fraction of sp³-hybridized carbons (Fsp3) is 0.278. The lowest BCUT2D eigenvalue weighted by Crippen LogP contribution is -2.32. The van der Waals surface area contributed by atoms with Gasteiger partial charge in [0.05, 0.1) is 12.2 Å². The molecule has 138 valence electrons. The molecule has 1 unspecified atom stereocenters. The second-order valence-electron chi connectivity index (χ2n) is 5.36. The van der Waals surface area contributed by atoms with Crippen molar-refractivity contribution in [1.29, 1.82) is 0 Å². The monoisotopic (exact) mass is 359 g/mol. The third-order valence-corrected chi connectivity index (χ3v) is 3.23. The Morgan fingerprint density at radius 3 is 2.15 bits per heavy atom. The second kappa shape index (κ2) is 10.7. The van der Waals surface area contributed by atoms with Gasteiger partial charge in [0.15, 0.2) is 0 Å². The maximum Gasteiger partial charge on any atom is 0.407 e. The van der Waals surface area contributed by atoms with Gasteiger partial charge >= 0.3 is 12.2 Å². The quantitative estimate of drug-likeness (QED) is 0.660. The summed E-state index contributed by atoms with van der Waals surface area (Å²) in [6.07, 6.45) is -0.847. The van der Waals surface area contributed by atoms with Crippen molar-refractivity contribution >= 4 is 12.2 Å². The summed E-state index contributed by atoms with van der Waals surface area (Å²) in [5.41, 5.74) is 1.61. The van der Waals surface area contributed by atoms with E-state index in [1.54, 1.807) is 24.4 Å². The van der Waals surface area contributed by atoms with Gasteiger partial charge in [-0.05, 0) is 17.7 Å². The summed E-state index contributed by atoms with van der Waals surface area (Å²) in [6.45, 7) is -0.0372. The van der Waals surface area contributed by atoms with Crippen LogP contribution < -0.4 is 10.6 Å². The zero-order valence-electron chi connectivity index (χ0n) is 14.1. The molecule has 3 N–H and O–H groups in total. The van der Waals surface area contributed by atoms with Gasteiger partial charge in [-0.25, -0.2) is 9.59 Å². The molecule has 2 aromatic rings. The summed E-state index contributed by atoms with van der Waals surface area (Å²) in [4.78, 5) is 27.1. The van der Waals surface area contributed by atoms with E-state index in [9.17, 15) is 14.7 Å². The van der Waals surface area contributed by atoms with Crippen LogP contribution in [0.1, 0.15) is 11.3 Å². The molecular weight excluding hydrogens is 338 g/mol. The Hall–Kier alpha value is -3.13. The Morgan fingerprint density at radius 2 is 1.54 bits per heavy atom. The van der Waals surface area contributed by atoms with E-state index >= 15 is 0 Å². The number of hydrogen-bond acceptors (Lipinski definition) is 6. The summed E-state index contributed by atoms with van der Waals surface area (Å²) < 4.78 is 9.71. The molecule has 2 amide bonds. The molecule has 1 aromatic carbocycles. The van der Waals surface area contributed by atoms with Gasteiger partial charge in [-0.1, -0.05) is 36.4 Å². The lowest BCUT2D eigenvalue weighted by molar-refractivity contribution is 0.0225. The van der Waals surface area contributed by atoms with Crippen LogP contribution in [0.25, 0.3) is 0 Å². The molecule has 0 saturated heterocycles. The number of carbonyl (C=O) groups excluding carboxylic acids is 2. The molecule has 0 saturated carbocycles. The molecule has 0 spiro atoms. The Morgan fingerprint density at radius 1 is 0.923 bits per heavy atom. The molecule has 1 heterocycles. The van der Waals surface area contributed by atoms with E-state index in [1.807, 2.05) is 30.3 Å². The summed E-state index contributed by atoms with van der Waals surface area (Å²) in [7, 11) is 0. The first-order valence-electron chi connectivity index (χ1n) is 8.06. The molecule has 8 heteroatoms. The van der Waals surface area contributed by atoms with Crippen LogP contribution in [-0.4, -0.2) is 41.6 Å². The minimum absolute atomic E-state index is 0.216. The van der Waals surface area contributed by atoms with Crippen molar-refractivity contribution in [3.63, 3.8) is 0 Å². The highest BCUT2D eigenvalue weighted by Crippen LogP contribution is 1.98. The van der Waals surface area contributed by atoms with Crippen molar-refractivity contribution in [2.24, 2.45) is 0 Å². The molecule has 1 aromatic heterocycles. The van der Waals surface area contributed by atoms with Crippen molar-refractivity contribution in [3.8, 4) is 0 Å². The summed E-state index contributed by atoms with van der Waals surface area (Å²) in [5.74, 6) is 0. The van der Waals surface area contributed by atoms with Crippen LogP contribution in [0.2, 0.25) is 0 Å². The first-order chi connectivity index (χ1) is 12.6. The number of nitrogens with zero attached hydrogens (tertiary/aromatic N) is 1. The zero-order valence-corrected chi connectivity index (χ0v) is 14.1. The van der Waals surface area contributed by atoms with Crippen LogP contribution >= 0.6 is 0 Å². The highest BCUT2D eigenvalue weighted by molar-refractivity contribution is 5.67. The number of rotatable bonds is 8. The number of ether oxygens (including phenoxy) is 2. The van der Waals surface area contributed by atoms with Crippen LogP contribution in [-0.2, 0) is 22.6 Å². The number of alkyl carbamates (subject to hydrolysis) is 2. The Bertz CT molecular complexity index is 622. The minimum atomic E-state index is -1.11. The van der Waals surface area contributed by atoms with E-state index in [4.69, 9.17) is 9.47 Å². The SMILES string of the molecule is O=C(NCc1ccccc1)OCC(O)COC(=O)NCc1ccccn1. The van der Waals surface area contributed by atoms with E-state index in [1.165, 1.54) is 0 Å². The standard InChI is InChI=1S/C18H21N3O5/c22-16(12-25-17(23)20-10-14-6-2-1-3-7-14)13-26-18(24)21-11-15-8-4-5-9-19-15/h1-9,16,22H,10-13H2,(H,20,23)(H,21,24). The number of carbonyl (C=O) groups is 2. The van der Waals surface area contributed by atoms with Gasteiger partial charge in [0.25, 0.3) is 0 Å². The first-order valence-corrected chi connectivity index (χ1v) is 8.06. The highest BCUT2D eigenvalue weighted by atomic mass is 16.6. The Labute approximate surface area is 151 Å². The highest BCUT2D eigenvalue weighted by Gasteiger charge is 2.11. The summed E-state index contributed by atoms with van der Waals surface area (Å²) in [6, 6.07) is 14.7. The number of nitrogens with one attached hydrogen (secondary N) is 2. The lowest BCUT2D eigenvalue weighted by Gasteiger charge is -2.13. The average Bonchev–Trinajstić information content (AvgIpc) is 2.69. The van der Waals surface area contributed by atoms with Crippen molar-refractivity contribution in [2.75, 3.05) is 13.2 Å². The molecule has 0 bridgehead atoms. The third-order valence-electron chi connectivity index (χ3n) is 3.23. The minimum Gasteiger partial charge on any atom is -0.447 e. The van der Waals surface area contributed by atoms with E-state index in [2.05, 4.69) is 15.6 Å². The molecule has 0 fully saturated rings. The normalized spacial score (nSPS) is 11.3. The number of aromatic nitrogens is 1. The number of pyridine rings is 1. The van der Waals surface area contributed by atoms with Crippen LogP contribution in [0.5, 0.6) is 0 Å². The van der Waals surface area contributed by atoms with E-state index in [0.29, 0.717) is 12.2 Å². The summed E-state index contributed by atoms with van der Waals surface area (Å²) in [5, 5.41) is 14.8. The van der Waals surface area contributed by atoms with E-state index < -0.39 is 18.3 Å². The van der Waals surface area contributed by atoms with Gasteiger partial charge in [0.2, 0.25) is 0 Å². The predicted octanol–water partition coefficient (Wildman–Crippen LogP) is 1.60. The second-order valence-corrected chi connectivity index (χ2v) is 5.36. The lowest BCUT2D eigenvalue weighted by atomic mass is 10.2. The maximum atomic E-state index is 11.5. The van der Waals surface area contributed by atoms with E-state index in [-0.39, 0.29) is 19.8 Å². The summed E-state index contributed by atoms with van der Waals surface area (Å²) >= 11 is 0. The molecule has 0 aliphatic carbocycles. The maximum absolute atomic E-state index is 11.5. The molecule has 2 rings (SSSR count). The van der Waals surface area contributed by atoms with Crippen molar-refractivity contribution in [2.45, 2.75) is 19.2 Å². The van der Waals surface area contributed by atoms with Crippen LogP contribution in [0, 0.1) is 0 Å². The number of hydrogen-bond donors (Lipinski definition) is 3. The van der Waals surface area contributed by atoms with Crippen LogP contribution in [0.4, 0.5) is 9.59 Å². The third kappa shape index (κ3) is 7.63. The Balaban J connectivity index is 1.55. The molecule has 8 nitrogen and oxygen atoms in total. The van der Waals surface area contributed by atoms with Gasteiger partial charge in [-0.15, -0.1) is 0 Å². The molecular formula is C18H21N3O5. The smallest absolute Gasteiger partial charge is 0.407 e. The van der Waals surface area contributed by atoms with Crippen LogP contribution in [0.15, 0.2) is 54.7 Å². The van der Waals surface area contributed by atoms with Crippen molar-refractivity contribution in [1.82, 2.24) is 15.6 Å². The fourth-order valence-corrected chi connectivity index (χ4v) is 1.93. The fourth-order valence-electron chi connectivity index (χ4n) is 1.93. The number of aliphatic hydroxyl groups is 1. The van der Waals surface area contributed by atoms with E-state index in [0.717, 1.165) is 5.56 Å². The molecule has 26 heavy (non-hydrogen) atoms. The average molecular weight is 359 g/mol. The molecule has 0 aliphatic heterocycles. The largest absolute Gasteiger partial charge is 0.447 e. The first kappa shape index (κ1) is 19.2. The predicted molar refractivity (Wildman–Crippen MR) is 93.1 cm³/mol. The van der Waals surface area contributed by atoms with Gasteiger partial charge in [-0.2, -0.15) is 0 Å². The van der Waals surface area contributed by atoms with Gasteiger partial charge in [0, 0.05) is 12.7 Å². The van der Waals surface area contributed by atoms with Crippen LogP contribution in [0.3, 0.4) is 0 Å². The molecule has 0 radical (unpaired) electrons.